The Balaban J connectivity index is 1.75. The maximum atomic E-state index is 12.7. The number of benzene rings is 3. The summed E-state index contributed by atoms with van der Waals surface area (Å²) in [7, 11) is -3.48. The van der Waals surface area contributed by atoms with E-state index in [1.165, 1.54) is 0 Å². The van der Waals surface area contributed by atoms with Gasteiger partial charge in [-0.2, -0.15) is 0 Å². The van der Waals surface area contributed by atoms with Crippen molar-refractivity contribution >= 4 is 21.4 Å². The van der Waals surface area contributed by atoms with Crippen LogP contribution >= 0.6 is 0 Å². The standard InChI is InChI=1S/C24H25NO4S/c1-17(2)29-21-12-13-23(18(3)14-21)25-24(26)20-9-7-8-19(15-20)16-30(27,28)22-10-5-4-6-11-22/h4-15,17H,16H2,1-3H3,(H,25,26). The van der Waals surface area contributed by atoms with Crippen LogP contribution in [0.25, 0.3) is 0 Å². The first-order valence-electron chi connectivity index (χ1n) is 9.70. The van der Waals surface area contributed by atoms with Gasteiger partial charge in [0.1, 0.15) is 5.75 Å². The summed E-state index contributed by atoms with van der Waals surface area (Å²) < 4.78 is 30.9. The van der Waals surface area contributed by atoms with E-state index in [9.17, 15) is 13.2 Å². The number of sulfone groups is 1. The van der Waals surface area contributed by atoms with Crippen molar-refractivity contribution in [3.63, 3.8) is 0 Å². The number of hydrogen-bond acceptors (Lipinski definition) is 4. The van der Waals surface area contributed by atoms with Crippen molar-refractivity contribution in [2.24, 2.45) is 0 Å². The first kappa shape index (κ1) is 21.6. The number of aryl methyl sites for hydroxylation is 1. The first-order chi connectivity index (χ1) is 14.2. The predicted octanol–water partition coefficient (Wildman–Crippen LogP) is 5.01. The number of nitrogens with one attached hydrogen (secondary N) is 1. The molecular formula is C24H25NO4S. The average molecular weight is 424 g/mol. The molecule has 30 heavy (non-hydrogen) atoms. The van der Waals surface area contributed by atoms with E-state index < -0.39 is 9.84 Å². The third-order valence-electron chi connectivity index (χ3n) is 4.47. The molecule has 1 N–H and O–H groups in total. The van der Waals surface area contributed by atoms with Gasteiger partial charge >= 0.3 is 0 Å². The summed E-state index contributed by atoms with van der Waals surface area (Å²) in [6.45, 7) is 5.80. The molecule has 0 aliphatic heterocycles. The average Bonchev–Trinajstić information content (AvgIpc) is 2.70. The van der Waals surface area contributed by atoms with Crippen LogP contribution in [-0.2, 0) is 15.6 Å². The zero-order valence-corrected chi connectivity index (χ0v) is 18.1. The Morgan fingerprint density at radius 1 is 0.967 bits per heavy atom. The molecule has 0 bridgehead atoms. The summed E-state index contributed by atoms with van der Waals surface area (Å²) >= 11 is 0. The van der Waals surface area contributed by atoms with Crippen LogP contribution in [0.2, 0.25) is 0 Å². The maximum absolute atomic E-state index is 12.7. The van der Waals surface area contributed by atoms with Gasteiger partial charge in [-0.25, -0.2) is 8.42 Å². The minimum atomic E-state index is -3.48. The third kappa shape index (κ3) is 5.48. The van der Waals surface area contributed by atoms with E-state index in [-0.39, 0.29) is 22.7 Å². The lowest BCUT2D eigenvalue weighted by Gasteiger charge is -2.13. The van der Waals surface area contributed by atoms with Crippen molar-refractivity contribution < 1.29 is 17.9 Å². The smallest absolute Gasteiger partial charge is 0.255 e. The summed E-state index contributed by atoms with van der Waals surface area (Å²) in [5.41, 5.74) is 2.52. The molecule has 0 aromatic heterocycles. The van der Waals surface area contributed by atoms with Crippen molar-refractivity contribution in [1.82, 2.24) is 0 Å². The van der Waals surface area contributed by atoms with Crippen LogP contribution in [0, 0.1) is 6.92 Å². The minimum absolute atomic E-state index is 0.0692. The number of anilines is 1. The molecule has 0 spiro atoms. The van der Waals surface area contributed by atoms with Gasteiger partial charge in [0, 0.05) is 11.3 Å². The second-order valence-electron chi connectivity index (χ2n) is 7.37. The summed E-state index contributed by atoms with van der Waals surface area (Å²) in [6, 6.07) is 20.5. The number of hydrogen-bond donors (Lipinski definition) is 1. The Morgan fingerprint density at radius 2 is 1.70 bits per heavy atom. The minimum Gasteiger partial charge on any atom is -0.491 e. The van der Waals surface area contributed by atoms with Crippen LogP contribution in [0.4, 0.5) is 5.69 Å². The van der Waals surface area contributed by atoms with Crippen molar-refractivity contribution in [3.8, 4) is 5.75 Å². The maximum Gasteiger partial charge on any atom is 0.255 e. The van der Waals surface area contributed by atoms with Crippen LogP contribution in [0.1, 0.15) is 35.3 Å². The number of amides is 1. The van der Waals surface area contributed by atoms with Gasteiger partial charge in [-0.15, -0.1) is 0 Å². The lowest BCUT2D eigenvalue weighted by Crippen LogP contribution is -2.14. The van der Waals surface area contributed by atoms with E-state index in [1.54, 1.807) is 60.7 Å². The van der Waals surface area contributed by atoms with E-state index in [4.69, 9.17) is 4.74 Å². The molecule has 5 nitrogen and oxygen atoms in total. The molecular weight excluding hydrogens is 398 g/mol. The molecule has 1 amide bonds. The normalized spacial score (nSPS) is 11.3. The topological polar surface area (TPSA) is 72.5 Å². The van der Waals surface area contributed by atoms with E-state index in [2.05, 4.69) is 5.32 Å². The Morgan fingerprint density at radius 3 is 2.37 bits per heavy atom. The van der Waals surface area contributed by atoms with Gasteiger partial charge in [0.2, 0.25) is 0 Å². The highest BCUT2D eigenvalue weighted by Gasteiger charge is 2.16. The molecule has 0 unspecified atom stereocenters. The molecule has 3 rings (SSSR count). The Kier molecular flexibility index (Phi) is 6.57. The molecule has 3 aromatic rings. The summed E-state index contributed by atoms with van der Waals surface area (Å²) in [5.74, 6) is 0.279. The Hall–Kier alpha value is -3.12. The van der Waals surface area contributed by atoms with Gasteiger partial charge in [0.15, 0.2) is 9.84 Å². The van der Waals surface area contributed by atoms with Crippen LogP contribution in [0.5, 0.6) is 5.75 Å². The molecule has 0 atom stereocenters. The highest BCUT2D eigenvalue weighted by molar-refractivity contribution is 7.90. The van der Waals surface area contributed by atoms with E-state index in [0.29, 0.717) is 16.8 Å². The second kappa shape index (κ2) is 9.13. The van der Waals surface area contributed by atoms with Crippen LogP contribution in [-0.4, -0.2) is 20.4 Å². The summed E-state index contributed by atoms with van der Waals surface area (Å²) in [6.07, 6.45) is 0.0692. The lowest BCUT2D eigenvalue weighted by atomic mass is 10.1. The van der Waals surface area contributed by atoms with Crippen molar-refractivity contribution in [2.45, 2.75) is 37.5 Å². The quantitative estimate of drug-likeness (QED) is 0.580. The largest absolute Gasteiger partial charge is 0.491 e. The van der Waals surface area contributed by atoms with E-state index in [0.717, 1.165) is 11.3 Å². The van der Waals surface area contributed by atoms with Gasteiger partial charge in [-0.05, 0) is 74.4 Å². The van der Waals surface area contributed by atoms with Crippen LogP contribution in [0.3, 0.4) is 0 Å². The van der Waals surface area contributed by atoms with Crippen LogP contribution < -0.4 is 10.1 Å². The molecule has 3 aromatic carbocycles. The Labute approximate surface area is 177 Å². The Bertz CT molecular complexity index is 1140. The zero-order chi connectivity index (χ0) is 21.7. The second-order valence-corrected chi connectivity index (χ2v) is 9.36. The number of ether oxygens (including phenoxy) is 1. The molecule has 156 valence electrons. The lowest BCUT2D eigenvalue weighted by molar-refractivity contribution is 0.102. The first-order valence-corrected chi connectivity index (χ1v) is 11.4. The highest BCUT2D eigenvalue weighted by atomic mass is 32.2. The van der Waals surface area contributed by atoms with E-state index in [1.807, 2.05) is 32.9 Å². The number of rotatable bonds is 7. The molecule has 0 saturated heterocycles. The summed E-state index contributed by atoms with van der Waals surface area (Å²) in [4.78, 5) is 13.0. The number of carbonyl (C=O) groups is 1. The fourth-order valence-electron chi connectivity index (χ4n) is 3.05. The molecule has 0 radical (unpaired) electrons. The van der Waals surface area contributed by atoms with Gasteiger partial charge < -0.3 is 10.1 Å². The SMILES string of the molecule is Cc1cc(OC(C)C)ccc1NC(=O)c1cccc(CS(=O)(=O)c2ccccc2)c1. The molecule has 6 heteroatoms. The van der Waals surface area contributed by atoms with Crippen molar-refractivity contribution in [3.05, 3.63) is 89.5 Å². The third-order valence-corrected chi connectivity index (χ3v) is 6.17. The van der Waals surface area contributed by atoms with Gasteiger partial charge in [-0.3, -0.25) is 4.79 Å². The molecule has 0 heterocycles. The zero-order valence-electron chi connectivity index (χ0n) is 17.3. The highest BCUT2D eigenvalue weighted by Crippen LogP contribution is 2.23. The monoisotopic (exact) mass is 423 g/mol. The van der Waals surface area contributed by atoms with Crippen molar-refractivity contribution in [1.29, 1.82) is 0 Å². The van der Waals surface area contributed by atoms with Gasteiger partial charge in [0.05, 0.1) is 16.8 Å². The molecule has 0 aliphatic rings. The number of carbonyl (C=O) groups excluding carboxylic acids is 1. The van der Waals surface area contributed by atoms with Crippen molar-refractivity contribution in [2.75, 3.05) is 5.32 Å². The fraction of sp³-hybridized carbons (Fsp3) is 0.208. The molecule has 0 aliphatic carbocycles. The predicted molar refractivity (Wildman–Crippen MR) is 119 cm³/mol. The molecule has 0 fully saturated rings. The van der Waals surface area contributed by atoms with Gasteiger partial charge in [-0.1, -0.05) is 30.3 Å². The van der Waals surface area contributed by atoms with E-state index >= 15 is 0 Å². The summed E-state index contributed by atoms with van der Waals surface area (Å²) in [5, 5.41) is 2.88. The van der Waals surface area contributed by atoms with Gasteiger partial charge in [0.25, 0.3) is 5.91 Å². The van der Waals surface area contributed by atoms with Crippen LogP contribution in [0.15, 0.2) is 77.7 Å². The fourth-order valence-corrected chi connectivity index (χ4v) is 4.41. The molecule has 0 saturated carbocycles.